The lowest BCUT2D eigenvalue weighted by Gasteiger charge is -2.02. The van der Waals surface area contributed by atoms with Crippen molar-refractivity contribution in [2.75, 3.05) is 0 Å². The zero-order valence-corrected chi connectivity index (χ0v) is 8.51. The molecule has 0 saturated carbocycles. The molecular formula is C10H12O2S. The first-order valence-electron chi connectivity index (χ1n) is 3.91. The van der Waals surface area contributed by atoms with Crippen molar-refractivity contribution < 1.29 is 9.59 Å². The molecule has 13 heavy (non-hydrogen) atoms. The normalized spacial score (nSPS) is 8.54. The minimum atomic E-state index is 0.250. The molecule has 0 bridgehead atoms. The van der Waals surface area contributed by atoms with Crippen molar-refractivity contribution in [2.24, 2.45) is 0 Å². The van der Waals surface area contributed by atoms with Crippen molar-refractivity contribution in [2.45, 2.75) is 24.0 Å². The minimum Gasteiger partial charge on any atom is -0.186 e. The molecule has 0 aromatic heterocycles. The monoisotopic (exact) mass is 196 g/mol. The van der Waals surface area contributed by atoms with Crippen molar-refractivity contribution in [3.63, 3.8) is 0 Å². The third kappa shape index (κ3) is 7.32. The van der Waals surface area contributed by atoms with Crippen LogP contribution in [0.1, 0.15) is 13.8 Å². The summed E-state index contributed by atoms with van der Waals surface area (Å²) in [5.41, 5.74) is 0. The molecule has 0 aliphatic heterocycles. The first kappa shape index (κ1) is 11.9. The van der Waals surface area contributed by atoms with Crippen LogP contribution >= 0.6 is 11.8 Å². The lowest BCUT2D eigenvalue weighted by Crippen LogP contribution is -1.84. The maximum absolute atomic E-state index is 8.12. The third-order valence-electron chi connectivity index (χ3n) is 1.11. The summed E-state index contributed by atoms with van der Waals surface area (Å²) >= 11 is 1.90. The summed E-state index contributed by atoms with van der Waals surface area (Å²) in [7, 11) is 0. The number of hydrogen-bond acceptors (Lipinski definition) is 3. The van der Waals surface area contributed by atoms with Crippen LogP contribution in [-0.4, -0.2) is 11.4 Å². The Morgan fingerprint density at radius 2 is 1.62 bits per heavy atom. The molecule has 70 valence electrons. The van der Waals surface area contributed by atoms with E-state index >= 15 is 0 Å². The number of carbonyl (C=O) groups excluding carboxylic acids is 2. The summed E-state index contributed by atoms with van der Waals surface area (Å²) in [5, 5.41) is 0.683. The van der Waals surface area contributed by atoms with Gasteiger partial charge in [0.25, 0.3) is 0 Å². The van der Waals surface area contributed by atoms with Crippen molar-refractivity contribution in [1.82, 2.24) is 0 Å². The Morgan fingerprint density at radius 1 is 1.15 bits per heavy atom. The highest BCUT2D eigenvalue weighted by atomic mass is 32.2. The second-order valence-electron chi connectivity index (χ2n) is 2.56. The van der Waals surface area contributed by atoms with Crippen LogP contribution in [-0.2, 0) is 9.59 Å². The summed E-state index contributed by atoms with van der Waals surface area (Å²) in [6, 6.07) is 10.5. The van der Waals surface area contributed by atoms with Gasteiger partial charge in [0, 0.05) is 10.1 Å². The van der Waals surface area contributed by atoms with E-state index in [0.29, 0.717) is 5.25 Å². The molecule has 0 spiro atoms. The third-order valence-corrected chi connectivity index (χ3v) is 2.13. The Bertz CT molecular complexity index is 251. The molecule has 0 amide bonds. The topological polar surface area (TPSA) is 34.1 Å². The molecule has 3 heteroatoms. The second-order valence-corrected chi connectivity index (χ2v) is 4.21. The Kier molecular flexibility index (Phi) is 6.98. The predicted molar refractivity (Wildman–Crippen MR) is 52.4 cm³/mol. The first-order valence-corrected chi connectivity index (χ1v) is 4.79. The van der Waals surface area contributed by atoms with E-state index in [1.807, 2.05) is 17.8 Å². The molecule has 0 radical (unpaired) electrons. The predicted octanol–water partition coefficient (Wildman–Crippen LogP) is 2.60. The highest BCUT2D eigenvalue weighted by Gasteiger charge is 1.94. The molecule has 0 aliphatic rings. The van der Waals surface area contributed by atoms with E-state index in [1.165, 1.54) is 4.90 Å². The van der Waals surface area contributed by atoms with E-state index < -0.39 is 0 Å². The Labute approximate surface area is 82.3 Å². The molecule has 1 aromatic rings. The van der Waals surface area contributed by atoms with Gasteiger partial charge in [-0.1, -0.05) is 32.0 Å². The fourth-order valence-electron chi connectivity index (χ4n) is 0.771. The van der Waals surface area contributed by atoms with Gasteiger partial charge in [0.1, 0.15) is 0 Å². The lowest BCUT2D eigenvalue weighted by atomic mass is 10.4. The van der Waals surface area contributed by atoms with Crippen molar-refractivity contribution in [1.29, 1.82) is 0 Å². The first-order chi connectivity index (χ1) is 6.20. The Morgan fingerprint density at radius 3 is 2.00 bits per heavy atom. The van der Waals surface area contributed by atoms with E-state index in [-0.39, 0.29) is 6.15 Å². The standard InChI is InChI=1S/C9H12S.CO2/c1-8(2)10-9-6-4-3-5-7-9;2-1-3/h3-8H,1-2H3;. The maximum Gasteiger partial charge on any atom is 0.373 e. The average molecular weight is 196 g/mol. The fraction of sp³-hybridized carbons (Fsp3) is 0.300. The summed E-state index contributed by atoms with van der Waals surface area (Å²) in [5.74, 6) is 0. The molecule has 1 rings (SSSR count). The molecule has 0 aliphatic carbocycles. The number of hydrogen-bond donors (Lipinski definition) is 0. The molecule has 0 heterocycles. The van der Waals surface area contributed by atoms with E-state index in [4.69, 9.17) is 9.59 Å². The van der Waals surface area contributed by atoms with Gasteiger partial charge in [-0.3, -0.25) is 0 Å². The van der Waals surface area contributed by atoms with Crippen LogP contribution in [0.4, 0.5) is 0 Å². The van der Waals surface area contributed by atoms with Gasteiger partial charge in [-0.25, -0.2) is 0 Å². The smallest absolute Gasteiger partial charge is 0.186 e. The lowest BCUT2D eigenvalue weighted by molar-refractivity contribution is -0.191. The van der Waals surface area contributed by atoms with Gasteiger partial charge in [-0.2, -0.15) is 9.59 Å². The van der Waals surface area contributed by atoms with Gasteiger partial charge in [0.05, 0.1) is 0 Å². The Hall–Kier alpha value is -1.05. The summed E-state index contributed by atoms with van der Waals surface area (Å²) in [6.45, 7) is 4.41. The number of thioether (sulfide) groups is 1. The minimum absolute atomic E-state index is 0.250. The summed E-state index contributed by atoms with van der Waals surface area (Å²) in [4.78, 5) is 17.6. The van der Waals surface area contributed by atoms with E-state index in [0.717, 1.165) is 0 Å². The van der Waals surface area contributed by atoms with Crippen molar-refractivity contribution in [3.05, 3.63) is 30.3 Å². The molecule has 1 aromatic carbocycles. The van der Waals surface area contributed by atoms with Crippen LogP contribution in [0.15, 0.2) is 35.2 Å². The van der Waals surface area contributed by atoms with E-state index in [2.05, 4.69) is 38.1 Å². The van der Waals surface area contributed by atoms with Gasteiger partial charge in [-0.05, 0) is 12.1 Å². The highest BCUT2D eigenvalue weighted by molar-refractivity contribution is 7.99. The Balaban J connectivity index is 0.000000424. The number of benzene rings is 1. The van der Waals surface area contributed by atoms with Crippen LogP contribution in [0.5, 0.6) is 0 Å². The van der Waals surface area contributed by atoms with Crippen LogP contribution in [0, 0.1) is 0 Å². The summed E-state index contributed by atoms with van der Waals surface area (Å²) in [6.07, 6.45) is 0.250. The summed E-state index contributed by atoms with van der Waals surface area (Å²) < 4.78 is 0. The van der Waals surface area contributed by atoms with Gasteiger partial charge in [-0.15, -0.1) is 11.8 Å². The average Bonchev–Trinajstić information content (AvgIpc) is 2.06. The van der Waals surface area contributed by atoms with Crippen LogP contribution in [0.25, 0.3) is 0 Å². The quantitative estimate of drug-likeness (QED) is 0.682. The molecule has 0 N–H and O–H groups in total. The van der Waals surface area contributed by atoms with Crippen LogP contribution in [0.3, 0.4) is 0 Å². The zero-order valence-electron chi connectivity index (χ0n) is 7.69. The molecule has 2 nitrogen and oxygen atoms in total. The highest BCUT2D eigenvalue weighted by Crippen LogP contribution is 2.21. The van der Waals surface area contributed by atoms with Gasteiger partial charge in [0.2, 0.25) is 0 Å². The maximum atomic E-state index is 8.12. The largest absolute Gasteiger partial charge is 0.373 e. The number of rotatable bonds is 2. The molecule has 0 unspecified atom stereocenters. The van der Waals surface area contributed by atoms with Gasteiger partial charge < -0.3 is 0 Å². The van der Waals surface area contributed by atoms with Crippen LogP contribution < -0.4 is 0 Å². The van der Waals surface area contributed by atoms with E-state index in [1.54, 1.807) is 0 Å². The zero-order chi connectivity index (χ0) is 10.1. The van der Waals surface area contributed by atoms with Crippen molar-refractivity contribution >= 4 is 17.9 Å². The van der Waals surface area contributed by atoms with E-state index in [9.17, 15) is 0 Å². The van der Waals surface area contributed by atoms with Crippen LogP contribution in [0.2, 0.25) is 0 Å². The SMILES string of the molecule is CC(C)Sc1ccccc1.O=C=O. The molecule has 0 fully saturated rings. The molecule has 0 atom stereocenters. The molecule has 0 saturated heterocycles. The van der Waals surface area contributed by atoms with Gasteiger partial charge in [0.15, 0.2) is 0 Å². The fourth-order valence-corrected chi connectivity index (χ4v) is 1.63. The van der Waals surface area contributed by atoms with Crippen molar-refractivity contribution in [3.8, 4) is 0 Å². The van der Waals surface area contributed by atoms with Gasteiger partial charge >= 0.3 is 6.15 Å². The molecular weight excluding hydrogens is 184 g/mol. The second kappa shape index (κ2) is 7.59.